The summed E-state index contributed by atoms with van der Waals surface area (Å²) >= 11 is 0. The van der Waals surface area contributed by atoms with Crippen LogP contribution in [0, 0.1) is 0 Å². The van der Waals surface area contributed by atoms with Crippen LogP contribution in [0.3, 0.4) is 0 Å². The molecule has 0 bridgehead atoms. The number of nitrogens with one attached hydrogen (secondary N) is 1. The van der Waals surface area contributed by atoms with Crippen molar-refractivity contribution in [3.05, 3.63) is 35.5 Å². The zero-order valence-corrected chi connectivity index (χ0v) is 17.7. The molecular formula is C23H31N3O3. The molecular weight excluding hydrogens is 366 g/mol. The Labute approximate surface area is 172 Å². The van der Waals surface area contributed by atoms with Crippen molar-refractivity contribution in [2.24, 2.45) is 0 Å². The van der Waals surface area contributed by atoms with Gasteiger partial charge in [-0.3, -0.25) is 9.59 Å². The number of amides is 2. The molecule has 1 aromatic heterocycles. The summed E-state index contributed by atoms with van der Waals surface area (Å²) in [7, 11) is 0. The molecule has 0 saturated carbocycles. The molecule has 1 aromatic carbocycles. The van der Waals surface area contributed by atoms with E-state index >= 15 is 0 Å². The number of H-pyrrole nitrogens is 1. The molecule has 2 aliphatic rings. The lowest BCUT2D eigenvalue weighted by atomic mass is 9.82. The van der Waals surface area contributed by atoms with E-state index in [0.29, 0.717) is 19.6 Å². The first-order valence-electron chi connectivity index (χ1n) is 10.7. The second kappa shape index (κ2) is 7.82. The molecule has 1 N–H and O–H groups in total. The third-order valence-electron chi connectivity index (χ3n) is 6.29. The van der Waals surface area contributed by atoms with Crippen LogP contribution in [0.2, 0.25) is 0 Å². The van der Waals surface area contributed by atoms with Crippen LogP contribution >= 0.6 is 0 Å². The average molecular weight is 398 g/mol. The molecule has 0 spiro atoms. The van der Waals surface area contributed by atoms with Gasteiger partial charge < -0.3 is 19.5 Å². The first-order chi connectivity index (χ1) is 13.9. The molecule has 2 aliphatic heterocycles. The maximum absolute atomic E-state index is 13.3. The summed E-state index contributed by atoms with van der Waals surface area (Å²) in [5.74, 6) is 0.0815. The molecule has 6 heteroatoms. The van der Waals surface area contributed by atoms with E-state index in [9.17, 15) is 9.59 Å². The van der Waals surface area contributed by atoms with Gasteiger partial charge in [0.05, 0.1) is 12.1 Å². The van der Waals surface area contributed by atoms with Crippen LogP contribution in [0.5, 0.6) is 0 Å². The Kier molecular flexibility index (Phi) is 5.38. The minimum absolute atomic E-state index is 0.0239. The van der Waals surface area contributed by atoms with Crippen molar-refractivity contribution in [3.63, 3.8) is 0 Å². The smallest absolute Gasteiger partial charge is 0.246 e. The molecule has 1 atom stereocenters. The first kappa shape index (κ1) is 20.0. The fourth-order valence-corrected chi connectivity index (χ4v) is 4.84. The van der Waals surface area contributed by atoms with Crippen LogP contribution < -0.4 is 0 Å². The van der Waals surface area contributed by atoms with Gasteiger partial charge in [0.2, 0.25) is 11.8 Å². The minimum Gasteiger partial charge on any atom is -0.381 e. The van der Waals surface area contributed by atoms with Gasteiger partial charge in [0, 0.05) is 42.8 Å². The molecule has 6 nitrogen and oxygen atoms in total. The molecule has 4 rings (SSSR count). The normalized spacial score (nSPS) is 20.9. The first-order valence-corrected chi connectivity index (χ1v) is 10.7. The monoisotopic (exact) mass is 397 g/mol. The van der Waals surface area contributed by atoms with E-state index < -0.39 is 11.6 Å². The molecule has 2 amide bonds. The van der Waals surface area contributed by atoms with Crippen LogP contribution in [-0.2, 0) is 26.3 Å². The fourth-order valence-electron chi connectivity index (χ4n) is 4.84. The summed E-state index contributed by atoms with van der Waals surface area (Å²) in [5.41, 5.74) is 2.73. The van der Waals surface area contributed by atoms with Crippen molar-refractivity contribution < 1.29 is 14.3 Å². The number of carbonyl (C=O) groups excluding carboxylic acids is 2. The third kappa shape index (κ3) is 3.44. The number of unbranched alkanes of at least 4 members (excludes halogenated alkanes) is 1. The minimum atomic E-state index is -0.542. The van der Waals surface area contributed by atoms with E-state index in [2.05, 4.69) is 24.0 Å². The second-order valence-electron chi connectivity index (χ2n) is 8.65. The van der Waals surface area contributed by atoms with E-state index in [4.69, 9.17) is 4.74 Å². The average Bonchev–Trinajstić information content (AvgIpc) is 3.07. The van der Waals surface area contributed by atoms with Crippen LogP contribution in [0.1, 0.15) is 51.3 Å². The number of carbonyl (C=O) groups is 2. The molecule has 1 fully saturated rings. The van der Waals surface area contributed by atoms with Gasteiger partial charge >= 0.3 is 0 Å². The quantitative estimate of drug-likeness (QED) is 0.730. The molecule has 0 radical (unpaired) electrons. The number of hydrogen-bond acceptors (Lipinski definition) is 3. The number of rotatable bonds is 7. The number of aromatic amines is 1. The highest BCUT2D eigenvalue weighted by molar-refractivity contribution is 5.97. The van der Waals surface area contributed by atoms with Crippen LogP contribution in [0.4, 0.5) is 0 Å². The summed E-state index contributed by atoms with van der Waals surface area (Å²) in [5, 5.41) is 1.15. The molecule has 156 valence electrons. The predicted octanol–water partition coefficient (Wildman–Crippen LogP) is 3.21. The Balaban J connectivity index is 1.54. The van der Waals surface area contributed by atoms with Crippen molar-refractivity contribution >= 4 is 22.7 Å². The Hall–Kier alpha value is -2.34. The Morgan fingerprint density at radius 1 is 1.17 bits per heavy atom. The van der Waals surface area contributed by atoms with Crippen molar-refractivity contribution in [1.29, 1.82) is 0 Å². The fraction of sp³-hybridized carbons (Fsp3) is 0.565. The van der Waals surface area contributed by atoms with Crippen LogP contribution in [0.15, 0.2) is 24.3 Å². The van der Waals surface area contributed by atoms with Crippen molar-refractivity contribution in [2.45, 2.75) is 58.0 Å². The van der Waals surface area contributed by atoms with Crippen molar-refractivity contribution in [1.82, 2.24) is 14.8 Å². The molecule has 3 heterocycles. The van der Waals surface area contributed by atoms with Crippen LogP contribution in [-0.4, -0.2) is 58.9 Å². The van der Waals surface area contributed by atoms with Gasteiger partial charge in [-0.15, -0.1) is 0 Å². The Bertz CT molecular complexity index is 917. The van der Waals surface area contributed by atoms with E-state index in [1.54, 1.807) is 9.80 Å². The van der Waals surface area contributed by atoms with Gasteiger partial charge in [0.25, 0.3) is 0 Å². The standard InChI is InChI=1S/C23H31N3O3/c1-4-5-12-29-13-8-11-25-15-20(27)26-19(22(25)28)14-17-16-9-6-7-10-18(16)24-21(17)23(26,2)3/h6-7,9-10,19,24H,4-5,8,11-15H2,1-3H3/t19-/m0/s1. The number of ether oxygens (including phenoxy) is 1. The van der Waals surface area contributed by atoms with Crippen molar-refractivity contribution in [2.75, 3.05) is 26.3 Å². The lowest BCUT2D eigenvalue weighted by Gasteiger charge is -2.51. The Morgan fingerprint density at radius 2 is 1.93 bits per heavy atom. The Morgan fingerprint density at radius 3 is 2.72 bits per heavy atom. The van der Waals surface area contributed by atoms with Crippen molar-refractivity contribution in [3.8, 4) is 0 Å². The number of aromatic nitrogens is 1. The second-order valence-corrected chi connectivity index (χ2v) is 8.65. The van der Waals surface area contributed by atoms with E-state index in [-0.39, 0.29) is 18.4 Å². The SMILES string of the molecule is CCCCOCCCN1CC(=O)N2[C@@H](Cc3c([nH]c4ccccc34)C2(C)C)C1=O. The van der Waals surface area contributed by atoms with Gasteiger partial charge in [0.15, 0.2) is 0 Å². The molecule has 29 heavy (non-hydrogen) atoms. The summed E-state index contributed by atoms with van der Waals surface area (Å²) in [6.45, 7) is 8.33. The maximum atomic E-state index is 13.3. The number of nitrogens with zero attached hydrogens (tertiary/aromatic N) is 2. The molecule has 0 aliphatic carbocycles. The van der Waals surface area contributed by atoms with Gasteiger partial charge in [-0.05, 0) is 38.3 Å². The number of hydrogen-bond donors (Lipinski definition) is 1. The summed E-state index contributed by atoms with van der Waals surface area (Å²) in [6, 6.07) is 7.74. The topological polar surface area (TPSA) is 65.6 Å². The lowest BCUT2D eigenvalue weighted by Crippen LogP contribution is -2.67. The maximum Gasteiger partial charge on any atom is 0.246 e. The van der Waals surface area contributed by atoms with Gasteiger partial charge in [-0.1, -0.05) is 31.5 Å². The van der Waals surface area contributed by atoms with Gasteiger partial charge in [-0.25, -0.2) is 0 Å². The molecule has 1 saturated heterocycles. The zero-order valence-electron chi connectivity index (χ0n) is 17.7. The van der Waals surface area contributed by atoms with Gasteiger partial charge in [0.1, 0.15) is 6.04 Å². The van der Waals surface area contributed by atoms with E-state index in [0.717, 1.165) is 48.0 Å². The highest BCUT2D eigenvalue weighted by Gasteiger charge is 2.51. The number of piperazine rings is 1. The predicted molar refractivity (Wildman–Crippen MR) is 113 cm³/mol. The van der Waals surface area contributed by atoms with E-state index in [1.807, 2.05) is 26.0 Å². The zero-order chi connectivity index (χ0) is 20.6. The number of fused-ring (bicyclic) bond motifs is 4. The number of benzene rings is 1. The largest absolute Gasteiger partial charge is 0.381 e. The van der Waals surface area contributed by atoms with E-state index in [1.165, 1.54) is 0 Å². The highest BCUT2D eigenvalue weighted by Crippen LogP contribution is 2.42. The summed E-state index contributed by atoms with van der Waals surface area (Å²) < 4.78 is 5.61. The summed E-state index contributed by atoms with van der Waals surface area (Å²) in [4.78, 5) is 33.4. The van der Waals surface area contributed by atoms with Crippen LogP contribution in [0.25, 0.3) is 10.9 Å². The molecule has 2 aromatic rings. The highest BCUT2D eigenvalue weighted by atomic mass is 16.5. The summed E-state index contributed by atoms with van der Waals surface area (Å²) in [6.07, 6.45) is 3.50. The third-order valence-corrected chi connectivity index (χ3v) is 6.29. The number of para-hydroxylation sites is 1. The molecule has 0 unspecified atom stereocenters. The lowest BCUT2D eigenvalue weighted by molar-refractivity contribution is -0.164. The van der Waals surface area contributed by atoms with Gasteiger partial charge in [-0.2, -0.15) is 0 Å².